The summed E-state index contributed by atoms with van der Waals surface area (Å²) in [6.07, 6.45) is 8.11. The molecule has 0 amide bonds. The number of aryl methyl sites for hydroxylation is 1. The van der Waals surface area contributed by atoms with E-state index in [1.54, 1.807) is 12.4 Å². The third-order valence-corrected chi connectivity index (χ3v) is 4.16. The summed E-state index contributed by atoms with van der Waals surface area (Å²) in [6.45, 7) is 4.94. The Labute approximate surface area is 129 Å². The maximum Gasteiger partial charge on any atom is 0.341 e. The highest BCUT2D eigenvalue weighted by molar-refractivity contribution is 6.04. The van der Waals surface area contributed by atoms with Crippen molar-refractivity contribution in [1.82, 2.24) is 14.8 Å². The maximum absolute atomic E-state index is 12.2. The first kappa shape index (κ1) is 14.8. The van der Waals surface area contributed by atoms with Gasteiger partial charge >= 0.3 is 5.97 Å². The van der Waals surface area contributed by atoms with Crippen LogP contribution in [0.15, 0.2) is 12.4 Å². The zero-order valence-electron chi connectivity index (χ0n) is 13.1. The van der Waals surface area contributed by atoms with E-state index in [2.05, 4.69) is 15.4 Å². The number of aromatic nitrogens is 3. The monoisotopic (exact) mass is 302 g/mol. The predicted molar refractivity (Wildman–Crippen MR) is 85.0 cm³/mol. The second kappa shape index (κ2) is 6.34. The van der Waals surface area contributed by atoms with E-state index >= 15 is 0 Å². The fourth-order valence-corrected chi connectivity index (χ4v) is 3.05. The summed E-state index contributed by atoms with van der Waals surface area (Å²) in [5, 5.41) is 8.78. The molecule has 1 N–H and O–H groups in total. The van der Waals surface area contributed by atoms with E-state index in [0.717, 1.165) is 36.1 Å². The van der Waals surface area contributed by atoms with Gasteiger partial charge in [-0.15, -0.1) is 0 Å². The molecule has 2 aromatic heterocycles. The molecule has 0 spiro atoms. The predicted octanol–water partition coefficient (Wildman–Crippen LogP) is 2.98. The van der Waals surface area contributed by atoms with E-state index in [1.165, 1.54) is 12.8 Å². The summed E-state index contributed by atoms with van der Waals surface area (Å²) in [4.78, 5) is 16.6. The van der Waals surface area contributed by atoms with E-state index in [1.807, 2.05) is 18.5 Å². The molecule has 2 aromatic rings. The number of nitrogens with zero attached hydrogens (tertiary/aromatic N) is 3. The van der Waals surface area contributed by atoms with E-state index in [0.29, 0.717) is 18.2 Å². The normalized spacial score (nSPS) is 15.4. The van der Waals surface area contributed by atoms with Crippen LogP contribution in [-0.4, -0.2) is 33.4 Å². The second-order valence-corrected chi connectivity index (χ2v) is 5.59. The lowest BCUT2D eigenvalue weighted by Crippen LogP contribution is -2.18. The van der Waals surface area contributed by atoms with Crippen LogP contribution in [0.4, 0.5) is 5.69 Å². The number of ether oxygens (including phenoxy) is 1. The van der Waals surface area contributed by atoms with Crippen LogP contribution >= 0.6 is 0 Å². The highest BCUT2D eigenvalue weighted by Crippen LogP contribution is 2.30. The van der Waals surface area contributed by atoms with Crippen LogP contribution < -0.4 is 5.32 Å². The molecule has 3 rings (SSSR count). The van der Waals surface area contributed by atoms with Crippen molar-refractivity contribution in [2.45, 2.75) is 52.1 Å². The third kappa shape index (κ3) is 2.65. The van der Waals surface area contributed by atoms with E-state index in [4.69, 9.17) is 4.74 Å². The second-order valence-electron chi connectivity index (χ2n) is 5.59. The molecule has 0 aliphatic heterocycles. The van der Waals surface area contributed by atoms with Gasteiger partial charge in [-0.05, 0) is 26.7 Å². The van der Waals surface area contributed by atoms with Crippen molar-refractivity contribution in [3.05, 3.63) is 18.0 Å². The quantitative estimate of drug-likeness (QED) is 0.860. The van der Waals surface area contributed by atoms with Crippen molar-refractivity contribution >= 4 is 22.7 Å². The Hall–Kier alpha value is -2.11. The Balaban J connectivity index is 2.06. The molecule has 6 heteroatoms. The largest absolute Gasteiger partial charge is 0.462 e. The van der Waals surface area contributed by atoms with Crippen molar-refractivity contribution in [1.29, 1.82) is 0 Å². The zero-order chi connectivity index (χ0) is 15.5. The summed E-state index contributed by atoms with van der Waals surface area (Å²) in [6, 6.07) is 0.406. The van der Waals surface area contributed by atoms with Crippen LogP contribution in [0.5, 0.6) is 0 Å². The van der Waals surface area contributed by atoms with Crippen molar-refractivity contribution in [2.75, 3.05) is 11.9 Å². The SMILES string of the molecule is CCOC(=O)c1cnc2c(cnn2CC)c1NC1CCCC1. The first-order valence-electron chi connectivity index (χ1n) is 8.02. The fourth-order valence-electron chi connectivity index (χ4n) is 3.05. The number of hydrogen-bond acceptors (Lipinski definition) is 5. The van der Waals surface area contributed by atoms with Gasteiger partial charge < -0.3 is 10.1 Å². The molecule has 0 aromatic carbocycles. The molecule has 0 unspecified atom stereocenters. The topological polar surface area (TPSA) is 69.0 Å². The Bertz CT molecular complexity index is 674. The molecular formula is C16H22N4O2. The third-order valence-electron chi connectivity index (χ3n) is 4.16. The highest BCUT2D eigenvalue weighted by atomic mass is 16.5. The van der Waals surface area contributed by atoms with Gasteiger partial charge in [-0.25, -0.2) is 14.5 Å². The minimum atomic E-state index is -0.332. The molecule has 0 atom stereocenters. The summed E-state index contributed by atoms with van der Waals surface area (Å²) < 4.78 is 7.01. The number of carbonyl (C=O) groups excluding carboxylic acids is 1. The maximum atomic E-state index is 12.2. The molecule has 6 nitrogen and oxygen atoms in total. The summed E-state index contributed by atoms with van der Waals surface area (Å²) >= 11 is 0. The van der Waals surface area contributed by atoms with Crippen LogP contribution in [0.2, 0.25) is 0 Å². The summed E-state index contributed by atoms with van der Waals surface area (Å²) in [7, 11) is 0. The van der Waals surface area contributed by atoms with Gasteiger partial charge in [0.05, 0.1) is 23.9 Å². The van der Waals surface area contributed by atoms with Crippen LogP contribution in [-0.2, 0) is 11.3 Å². The van der Waals surface area contributed by atoms with Gasteiger partial charge in [0.2, 0.25) is 0 Å². The average molecular weight is 302 g/mol. The molecule has 118 valence electrons. The number of rotatable bonds is 5. The van der Waals surface area contributed by atoms with Gasteiger partial charge in [0.15, 0.2) is 5.65 Å². The molecule has 22 heavy (non-hydrogen) atoms. The number of carbonyl (C=O) groups is 1. The van der Waals surface area contributed by atoms with Crippen LogP contribution in [0.25, 0.3) is 11.0 Å². The van der Waals surface area contributed by atoms with Gasteiger partial charge in [-0.2, -0.15) is 5.10 Å². The molecular weight excluding hydrogens is 280 g/mol. The molecule has 1 aliphatic carbocycles. The Morgan fingerprint density at radius 2 is 2.14 bits per heavy atom. The van der Waals surface area contributed by atoms with Crippen LogP contribution in [0.1, 0.15) is 49.9 Å². The molecule has 0 bridgehead atoms. The number of pyridine rings is 1. The smallest absolute Gasteiger partial charge is 0.341 e. The van der Waals surface area contributed by atoms with Gasteiger partial charge in [0.1, 0.15) is 5.56 Å². The molecule has 0 saturated heterocycles. The van der Waals surface area contributed by atoms with Crippen LogP contribution in [0.3, 0.4) is 0 Å². The van der Waals surface area contributed by atoms with Gasteiger partial charge in [-0.3, -0.25) is 0 Å². The van der Waals surface area contributed by atoms with Crippen LogP contribution in [0, 0.1) is 0 Å². The molecule has 0 radical (unpaired) electrons. The zero-order valence-corrected chi connectivity index (χ0v) is 13.1. The van der Waals surface area contributed by atoms with Gasteiger partial charge in [0, 0.05) is 18.8 Å². The van der Waals surface area contributed by atoms with Crippen molar-refractivity contribution < 1.29 is 9.53 Å². The number of nitrogens with one attached hydrogen (secondary N) is 1. The summed E-state index contributed by atoms with van der Waals surface area (Å²) in [5.41, 5.74) is 2.11. The Kier molecular flexibility index (Phi) is 4.27. The first-order valence-corrected chi connectivity index (χ1v) is 8.02. The van der Waals surface area contributed by atoms with Crippen molar-refractivity contribution in [3.63, 3.8) is 0 Å². The molecule has 1 saturated carbocycles. The van der Waals surface area contributed by atoms with E-state index < -0.39 is 0 Å². The number of esters is 1. The Morgan fingerprint density at radius 3 is 2.82 bits per heavy atom. The standard InChI is InChI=1S/C16H22N4O2/c1-3-20-15-12(10-18-20)14(19-11-7-5-6-8-11)13(9-17-15)16(21)22-4-2/h9-11H,3-8H2,1-2H3,(H,17,19). The molecule has 1 aliphatic rings. The minimum absolute atomic E-state index is 0.332. The van der Waals surface area contributed by atoms with Gasteiger partial charge in [-0.1, -0.05) is 12.8 Å². The average Bonchev–Trinajstić information content (AvgIpc) is 3.16. The van der Waals surface area contributed by atoms with Crippen molar-refractivity contribution in [2.24, 2.45) is 0 Å². The van der Waals surface area contributed by atoms with Crippen molar-refractivity contribution in [3.8, 4) is 0 Å². The minimum Gasteiger partial charge on any atom is -0.462 e. The Morgan fingerprint density at radius 1 is 1.36 bits per heavy atom. The number of hydrogen-bond donors (Lipinski definition) is 1. The molecule has 2 heterocycles. The number of fused-ring (bicyclic) bond motifs is 1. The van der Waals surface area contributed by atoms with E-state index in [9.17, 15) is 4.79 Å². The lowest BCUT2D eigenvalue weighted by atomic mass is 10.1. The van der Waals surface area contributed by atoms with Gasteiger partial charge in [0.25, 0.3) is 0 Å². The fraction of sp³-hybridized carbons (Fsp3) is 0.562. The summed E-state index contributed by atoms with van der Waals surface area (Å²) in [5.74, 6) is -0.332. The highest BCUT2D eigenvalue weighted by Gasteiger charge is 2.22. The number of anilines is 1. The lowest BCUT2D eigenvalue weighted by molar-refractivity contribution is 0.0527. The molecule has 1 fully saturated rings. The first-order chi connectivity index (χ1) is 10.7. The lowest BCUT2D eigenvalue weighted by Gasteiger charge is -2.17. The van der Waals surface area contributed by atoms with E-state index in [-0.39, 0.29) is 5.97 Å².